The highest BCUT2D eigenvalue weighted by Gasteiger charge is 2.33. The van der Waals surface area contributed by atoms with Gasteiger partial charge < -0.3 is 10.1 Å². The molecule has 1 N–H and O–H groups in total. The molecule has 31 heavy (non-hydrogen) atoms. The summed E-state index contributed by atoms with van der Waals surface area (Å²) >= 11 is 0. The smallest absolute Gasteiger partial charge is 0.433 e. The van der Waals surface area contributed by atoms with Crippen molar-refractivity contribution in [1.29, 1.82) is 0 Å². The number of carbonyl (C=O) groups is 1. The van der Waals surface area contributed by atoms with Crippen LogP contribution in [-0.2, 0) is 24.6 Å². The van der Waals surface area contributed by atoms with Crippen LogP contribution < -0.4 is 21.3 Å². The minimum atomic E-state index is -4.72. The van der Waals surface area contributed by atoms with Crippen LogP contribution in [0.25, 0.3) is 11.0 Å². The number of aromatic nitrogens is 3. The fourth-order valence-corrected chi connectivity index (χ4v) is 2.94. The molecule has 0 spiro atoms. The fraction of sp³-hybridized carbons (Fsp3) is 0.300. The number of nitrogens with one attached hydrogen (secondary N) is 1. The van der Waals surface area contributed by atoms with Crippen molar-refractivity contribution in [3.05, 3.63) is 68.5 Å². The third-order valence-electron chi connectivity index (χ3n) is 4.46. The van der Waals surface area contributed by atoms with Gasteiger partial charge in [0.25, 0.3) is 5.56 Å². The first-order chi connectivity index (χ1) is 14.6. The van der Waals surface area contributed by atoms with Gasteiger partial charge in [-0.25, -0.2) is 9.78 Å². The van der Waals surface area contributed by atoms with Gasteiger partial charge in [0.05, 0.1) is 11.9 Å². The first-order valence-electron chi connectivity index (χ1n) is 9.22. The molecule has 2 aromatic heterocycles. The fourth-order valence-electron chi connectivity index (χ4n) is 2.94. The molecule has 0 aliphatic carbocycles. The number of carbonyl (C=O) groups excluding carboxylic acids is 1. The van der Waals surface area contributed by atoms with Gasteiger partial charge in [-0.05, 0) is 36.8 Å². The third-order valence-corrected chi connectivity index (χ3v) is 4.46. The first-order valence-corrected chi connectivity index (χ1v) is 9.22. The maximum atomic E-state index is 12.9. The number of rotatable bonds is 6. The van der Waals surface area contributed by atoms with Crippen LogP contribution in [0, 0.1) is 6.92 Å². The summed E-state index contributed by atoms with van der Waals surface area (Å²) in [5.41, 5.74) is -2.46. The van der Waals surface area contributed by atoms with E-state index in [2.05, 4.69) is 10.3 Å². The Bertz CT molecular complexity index is 1250. The van der Waals surface area contributed by atoms with E-state index in [1.54, 1.807) is 6.07 Å². The summed E-state index contributed by atoms with van der Waals surface area (Å²) in [6.45, 7) is 1.62. The lowest BCUT2D eigenvalue weighted by Crippen LogP contribution is -2.44. The topological polar surface area (TPSA) is 95.2 Å². The van der Waals surface area contributed by atoms with Gasteiger partial charge >= 0.3 is 11.9 Å². The van der Waals surface area contributed by atoms with Gasteiger partial charge in [-0.2, -0.15) is 13.2 Å². The van der Waals surface area contributed by atoms with Crippen LogP contribution in [0.15, 0.2) is 46.0 Å². The second-order valence-corrected chi connectivity index (χ2v) is 6.81. The molecule has 164 valence electrons. The summed E-state index contributed by atoms with van der Waals surface area (Å²) in [5, 5.41) is 2.33. The van der Waals surface area contributed by atoms with Gasteiger partial charge in [-0.15, -0.1) is 0 Å². The normalized spacial score (nSPS) is 11.5. The molecule has 2 heterocycles. The Labute approximate surface area is 173 Å². The number of pyridine rings is 1. The molecule has 11 heteroatoms. The second kappa shape index (κ2) is 8.62. The van der Waals surface area contributed by atoms with Crippen molar-refractivity contribution in [3.63, 3.8) is 0 Å². The molecule has 3 aromatic rings. The van der Waals surface area contributed by atoms with Crippen LogP contribution in [0.3, 0.4) is 0 Å². The minimum Gasteiger partial charge on any atom is -0.492 e. The van der Waals surface area contributed by atoms with Gasteiger partial charge in [-0.1, -0.05) is 12.1 Å². The Hall–Kier alpha value is -3.63. The highest BCUT2D eigenvalue weighted by molar-refractivity contribution is 5.77. The predicted octanol–water partition coefficient (Wildman–Crippen LogP) is 1.62. The lowest BCUT2D eigenvalue weighted by Gasteiger charge is -2.12. The Morgan fingerprint density at radius 1 is 1.19 bits per heavy atom. The summed E-state index contributed by atoms with van der Waals surface area (Å²) in [6.07, 6.45) is -4.72. The van der Waals surface area contributed by atoms with Crippen molar-refractivity contribution in [1.82, 2.24) is 19.4 Å². The molecule has 0 saturated carbocycles. The number of halogens is 3. The SMILES string of the molecule is Cc1cccc(OCCNC(=O)Cn2c(=O)c3ccc(C(F)(F)F)nc3n(C)c2=O)c1. The number of nitrogens with zero attached hydrogens (tertiary/aromatic N) is 3. The zero-order chi connectivity index (χ0) is 22.8. The van der Waals surface area contributed by atoms with E-state index in [1.165, 1.54) is 7.05 Å². The van der Waals surface area contributed by atoms with Crippen molar-refractivity contribution >= 4 is 16.9 Å². The van der Waals surface area contributed by atoms with E-state index in [1.807, 2.05) is 25.1 Å². The Morgan fingerprint density at radius 2 is 1.94 bits per heavy atom. The molecule has 3 rings (SSSR count). The summed E-state index contributed by atoms with van der Waals surface area (Å²) in [4.78, 5) is 40.6. The molecule has 0 unspecified atom stereocenters. The van der Waals surface area contributed by atoms with Gasteiger partial charge in [-0.3, -0.25) is 18.7 Å². The molecular formula is C20H19F3N4O4. The highest BCUT2D eigenvalue weighted by atomic mass is 19.4. The zero-order valence-corrected chi connectivity index (χ0v) is 16.7. The number of ether oxygens (including phenoxy) is 1. The van der Waals surface area contributed by atoms with Gasteiger partial charge in [0.15, 0.2) is 0 Å². The minimum absolute atomic E-state index is 0.131. The predicted molar refractivity (Wildman–Crippen MR) is 106 cm³/mol. The molecule has 0 aliphatic rings. The second-order valence-electron chi connectivity index (χ2n) is 6.81. The lowest BCUT2D eigenvalue weighted by molar-refractivity contribution is -0.141. The van der Waals surface area contributed by atoms with E-state index in [-0.39, 0.29) is 18.5 Å². The van der Waals surface area contributed by atoms with Gasteiger partial charge in [0.1, 0.15) is 30.2 Å². The third kappa shape index (κ3) is 4.93. The number of alkyl halides is 3. The lowest BCUT2D eigenvalue weighted by atomic mass is 10.2. The zero-order valence-electron chi connectivity index (χ0n) is 16.7. The number of hydrogen-bond donors (Lipinski definition) is 1. The molecule has 0 bridgehead atoms. The van der Waals surface area contributed by atoms with Crippen molar-refractivity contribution in [2.24, 2.45) is 7.05 Å². The highest BCUT2D eigenvalue weighted by Crippen LogP contribution is 2.28. The monoisotopic (exact) mass is 436 g/mol. The molecule has 1 aromatic carbocycles. The summed E-state index contributed by atoms with van der Waals surface area (Å²) in [5.74, 6) is 0.0193. The molecule has 0 radical (unpaired) electrons. The van der Waals surface area contributed by atoms with E-state index in [0.717, 1.165) is 16.2 Å². The van der Waals surface area contributed by atoms with Crippen molar-refractivity contribution in [2.75, 3.05) is 13.2 Å². The average molecular weight is 436 g/mol. The van der Waals surface area contributed by atoms with Crippen molar-refractivity contribution in [3.8, 4) is 5.75 Å². The number of aryl methyl sites for hydroxylation is 2. The molecule has 0 fully saturated rings. The van der Waals surface area contributed by atoms with Crippen LogP contribution in [0.2, 0.25) is 0 Å². The standard InChI is InChI=1S/C20H19F3N4O4/c1-12-4-3-5-13(10-12)31-9-8-24-16(28)11-27-18(29)14-6-7-15(20(21,22)23)25-17(14)26(2)19(27)30/h3-7,10H,8-9,11H2,1-2H3,(H,24,28). The molecule has 0 atom stereocenters. The maximum Gasteiger partial charge on any atom is 0.433 e. The van der Waals surface area contributed by atoms with Crippen LogP contribution in [0.4, 0.5) is 13.2 Å². The quantitative estimate of drug-likeness (QED) is 0.593. The van der Waals surface area contributed by atoms with Crippen molar-refractivity contribution in [2.45, 2.75) is 19.6 Å². The molecular weight excluding hydrogens is 417 g/mol. The van der Waals surface area contributed by atoms with Gasteiger partial charge in [0, 0.05) is 7.05 Å². The van der Waals surface area contributed by atoms with E-state index >= 15 is 0 Å². The van der Waals surface area contributed by atoms with E-state index in [9.17, 15) is 27.6 Å². The van der Waals surface area contributed by atoms with E-state index in [0.29, 0.717) is 16.4 Å². The molecule has 8 nitrogen and oxygen atoms in total. The summed E-state index contributed by atoms with van der Waals surface area (Å²) in [7, 11) is 1.18. The Morgan fingerprint density at radius 3 is 2.61 bits per heavy atom. The number of fused-ring (bicyclic) bond motifs is 1. The maximum absolute atomic E-state index is 12.9. The van der Waals surface area contributed by atoms with E-state index < -0.39 is 41.2 Å². The van der Waals surface area contributed by atoms with Gasteiger partial charge in [0.2, 0.25) is 5.91 Å². The number of benzene rings is 1. The Balaban J connectivity index is 1.73. The van der Waals surface area contributed by atoms with Crippen LogP contribution >= 0.6 is 0 Å². The van der Waals surface area contributed by atoms with Crippen LogP contribution in [-0.4, -0.2) is 33.2 Å². The number of hydrogen-bond acceptors (Lipinski definition) is 5. The summed E-state index contributed by atoms with van der Waals surface area (Å²) in [6, 6.07) is 8.94. The summed E-state index contributed by atoms with van der Waals surface area (Å²) < 4.78 is 45.6. The molecule has 0 aliphatic heterocycles. The Kier molecular flexibility index (Phi) is 6.14. The van der Waals surface area contributed by atoms with Crippen molar-refractivity contribution < 1.29 is 22.7 Å². The first kappa shape index (κ1) is 22.1. The van der Waals surface area contributed by atoms with E-state index in [4.69, 9.17) is 4.74 Å². The molecule has 1 amide bonds. The largest absolute Gasteiger partial charge is 0.492 e. The molecule has 0 saturated heterocycles. The van der Waals surface area contributed by atoms with Crippen LogP contribution in [0.1, 0.15) is 11.3 Å². The average Bonchev–Trinajstić information content (AvgIpc) is 2.71. The number of amides is 1. The van der Waals surface area contributed by atoms with Crippen LogP contribution in [0.5, 0.6) is 5.75 Å².